The van der Waals surface area contributed by atoms with E-state index in [1.54, 1.807) is 30.7 Å². The summed E-state index contributed by atoms with van der Waals surface area (Å²) in [6, 6.07) is 21.8. The molecule has 132 valence electrons. The van der Waals surface area contributed by atoms with Crippen LogP contribution >= 0.6 is 0 Å². The van der Waals surface area contributed by atoms with E-state index in [0.717, 1.165) is 23.0 Å². The van der Waals surface area contributed by atoms with Crippen LogP contribution in [-0.4, -0.2) is 21.7 Å². The third-order valence-corrected chi connectivity index (χ3v) is 4.33. The Morgan fingerprint density at radius 1 is 1.00 bits per heavy atom. The van der Waals surface area contributed by atoms with Crippen molar-refractivity contribution >= 4 is 23.0 Å². The molecule has 0 saturated heterocycles. The summed E-state index contributed by atoms with van der Waals surface area (Å²) in [6.45, 7) is 0.776. The summed E-state index contributed by atoms with van der Waals surface area (Å²) in [5.41, 5.74) is 6.40. The molecular formula is C22H18N4O. The first-order valence-corrected chi connectivity index (χ1v) is 8.66. The van der Waals surface area contributed by atoms with E-state index in [9.17, 15) is 4.79 Å². The number of pyridine rings is 1. The van der Waals surface area contributed by atoms with Gasteiger partial charge in [0.1, 0.15) is 0 Å². The highest BCUT2D eigenvalue weighted by Crippen LogP contribution is 2.21. The van der Waals surface area contributed by atoms with E-state index >= 15 is 0 Å². The zero-order chi connectivity index (χ0) is 18.5. The van der Waals surface area contributed by atoms with Gasteiger partial charge in [-0.3, -0.25) is 9.78 Å². The lowest BCUT2D eigenvalue weighted by Gasteiger charge is -2.05. The molecule has 0 atom stereocenters. The molecule has 2 heterocycles. The van der Waals surface area contributed by atoms with Gasteiger partial charge in [0.2, 0.25) is 0 Å². The minimum atomic E-state index is -0.262. The molecule has 0 aliphatic rings. The lowest BCUT2D eigenvalue weighted by atomic mass is 10.2. The lowest BCUT2D eigenvalue weighted by Crippen LogP contribution is -2.17. The first-order chi connectivity index (χ1) is 13.3. The number of carbonyl (C=O) groups is 1. The number of hydrazone groups is 1. The molecule has 27 heavy (non-hydrogen) atoms. The van der Waals surface area contributed by atoms with Crippen molar-refractivity contribution in [1.82, 2.24) is 15.0 Å². The van der Waals surface area contributed by atoms with Crippen molar-refractivity contribution in [2.45, 2.75) is 6.54 Å². The van der Waals surface area contributed by atoms with Crippen molar-refractivity contribution in [3.8, 4) is 0 Å². The molecular weight excluding hydrogens is 336 g/mol. The monoisotopic (exact) mass is 354 g/mol. The van der Waals surface area contributed by atoms with Crippen LogP contribution in [0.5, 0.6) is 0 Å². The van der Waals surface area contributed by atoms with Gasteiger partial charge in [-0.05, 0) is 23.8 Å². The molecule has 0 aliphatic heterocycles. The summed E-state index contributed by atoms with van der Waals surface area (Å²) < 4.78 is 2.19. The second-order valence-corrected chi connectivity index (χ2v) is 6.15. The number of amides is 1. The molecule has 2 aromatic heterocycles. The first-order valence-electron chi connectivity index (χ1n) is 8.66. The largest absolute Gasteiger partial charge is 0.342 e. The van der Waals surface area contributed by atoms with Crippen LogP contribution in [0.25, 0.3) is 10.9 Å². The average Bonchev–Trinajstić information content (AvgIpc) is 3.07. The van der Waals surface area contributed by atoms with Crippen molar-refractivity contribution in [2.75, 3.05) is 0 Å². The van der Waals surface area contributed by atoms with Gasteiger partial charge in [0.25, 0.3) is 5.91 Å². The van der Waals surface area contributed by atoms with Crippen molar-refractivity contribution in [3.05, 3.63) is 102 Å². The summed E-state index contributed by atoms with van der Waals surface area (Å²) in [5.74, 6) is -0.262. The van der Waals surface area contributed by atoms with E-state index in [0.29, 0.717) is 5.56 Å². The fraction of sp³-hybridized carbons (Fsp3) is 0.0455. The Hall–Kier alpha value is -3.73. The van der Waals surface area contributed by atoms with E-state index in [2.05, 4.69) is 50.5 Å². The van der Waals surface area contributed by atoms with Gasteiger partial charge < -0.3 is 4.57 Å². The van der Waals surface area contributed by atoms with E-state index in [-0.39, 0.29) is 5.91 Å². The number of carbonyl (C=O) groups excluding carboxylic acids is 1. The number of benzene rings is 2. The molecule has 5 nitrogen and oxygen atoms in total. The van der Waals surface area contributed by atoms with Crippen LogP contribution in [0.15, 0.2) is 90.4 Å². The van der Waals surface area contributed by atoms with E-state index in [1.165, 1.54) is 5.56 Å². The van der Waals surface area contributed by atoms with Gasteiger partial charge in [0, 0.05) is 47.2 Å². The Bertz CT molecular complexity index is 1090. The van der Waals surface area contributed by atoms with E-state index in [4.69, 9.17) is 0 Å². The number of hydrogen-bond acceptors (Lipinski definition) is 3. The van der Waals surface area contributed by atoms with Crippen LogP contribution in [0.1, 0.15) is 21.5 Å². The molecule has 2 aromatic carbocycles. The molecule has 0 unspecified atom stereocenters. The maximum atomic E-state index is 12.1. The number of para-hydroxylation sites is 1. The molecule has 1 N–H and O–H groups in total. The highest BCUT2D eigenvalue weighted by atomic mass is 16.2. The van der Waals surface area contributed by atoms with Gasteiger partial charge >= 0.3 is 0 Å². The molecule has 0 radical (unpaired) electrons. The fourth-order valence-corrected chi connectivity index (χ4v) is 3.02. The number of nitrogens with zero attached hydrogens (tertiary/aromatic N) is 3. The minimum Gasteiger partial charge on any atom is -0.342 e. The minimum absolute atomic E-state index is 0.262. The zero-order valence-corrected chi connectivity index (χ0v) is 14.6. The van der Waals surface area contributed by atoms with Gasteiger partial charge in [0.05, 0.1) is 6.21 Å². The Morgan fingerprint density at radius 3 is 2.56 bits per heavy atom. The number of fused-ring (bicyclic) bond motifs is 1. The van der Waals surface area contributed by atoms with Crippen LogP contribution < -0.4 is 5.43 Å². The van der Waals surface area contributed by atoms with E-state index < -0.39 is 0 Å². The predicted octanol–water partition coefficient (Wildman–Crippen LogP) is 3.85. The van der Waals surface area contributed by atoms with Gasteiger partial charge in [-0.2, -0.15) is 5.10 Å². The summed E-state index contributed by atoms with van der Waals surface area (Å²) in [4.78, 5) is 16.0. The Kier molecular flexibility index (Phi) is 4.74. The molecule has 0 fully saturated rings. The molecule has 1 amide bonds. The predicted molar refractivity (Wildman–Crippen MR) is 107 cm³/mol. The first kappa shape index (κ1) is 16.7. The van der Waals surface area contributed by atoms with Gasteiger partial charge in [-0.15, -0.1) is 0 Å². The van der Waals surface area contributed by atoms with Crippen molar-refractivity contribution in [1.29, 1.82) is 0 Å². The Balaban J connectivity index is 1.57. The number of nitrogens with one attached hydrogen (secondary N) is 1. The van der Waals surface area contributed by atoms with Crippen molar-refractivity contribution in [2.24, 2.45) is 5.10 Å². The van der Waals surface area contributed by atoms with Gasteiger partial charge in [0.15, 0.2) is 0 Å². The van der Waals surface area contributed by atoms with Gasteiger partial charge in [-0.25, -0.2) is 5.43 Å². The van der Waals surface area contributed by atoms with Gasteiger partial charge in [-0.1, -0.05) is 48.5 Å². The topological polar surface area (TPSA) is 59.3 Å². The summed E-state index contributed by atoms with van der Waals surface area (Å²) in [7, 11) is 0. The quantitative estimate of drug-likeness (QED) is 0.437. The van der Waals surface area contributed by atoms with E-state index in [1.807, 2.05) is 30.3 Å². The molecule has 0 saturated carbocycles. The second kappa shape index (κ2) is 7.66. The highest BCUT2D eigenvalue weighted by molar-refractivity contribution is 6.00. The fourth-order valence-electron chi connectivity index (χ4n) is 3.02. The SMILES string of the molecule is O=C(N/N=C\c1cn(Cc2ccccc2)c2ccccc12)c1ccncc1. The maximum Gasteiger partial charge on any atom is 0.271 e. The summed E-state index contributed by atoms with van der Waals surface area (Å²) in [6.07, 6.45) is 6.90. The average molecular weight is 354 g/mol. The normalized spacial score (nSPS) is 11.1. The third kappa shape index (κ3) is 3.77. The molecule has 4 rings (SSSR count). The molecule has 0 aliphatic carbocycles. The molecule has 5 heteroatoms. The standard InChI is InChI=1S/C22H18N4O/c27-22(18-10-12-23-13-11-18)25-24-14-19-16-26(15-17-6-2-1-3-7-17)21-9-5-4-8-20(19)21/h1-14,16H,15H2,(H,25,27)/b24-14-. The van der Waals surface area contributed by atoms with Crippen LogP contribution in [0.4, 0.5) is 0 Å². The second-order valence-electron chi connectivity index (χ2n) is 6.15. The van der Waals surface area contributed by atoms with Crippen LogP contribution in [0, 0.1) is 0 Å². The number of rotatable bonds is 5. The zero-order valence-electron chi connectivity index (χ0n) is 14.6. The Morgan fingerprint density at radius 2 is 1.74 bits per heavy atom. The van der Waals surface area contributed by atoms with Crippen LogP contribution in [0.3, 0.4) is 0 Å². The van der Waals surface area contributed by atoms with Crippen LogP contribution in [-0.2, 0) is 6.54 Å². The van der Waals surface area contributed by atoms with Crippen LogP contribution in [0.2, 0.25) is 0 Å². The molecule has 0 spiro atoms. The number of aromatic nitrogens is 2. The highest BCUT2D eigenvalue weighted by Gasteiger charge is 2.07. The lowest BCUT2D eigenvalue weighted by molar-refractivity contribution is 0.0955. The third-order valence-electron chi connectivity index (χ3n) is 4.33. The maximum absolute atomic E-state index is 12.1. The Labute approximate surface area is 157 Å². The summed E-state index contributed by atoms with van der Waals surface area (Å²) in [5, 5.41) is 5.22. The van der Waals surface area contributed by atoms with Crippen molar-refractivity contribution in [3.63, 3.8) is 0 Å². The smallest absolute Gasteiger partial charge is 0.271 e. The molecule has 4 aromatic rings. The number of hydrogen-bond donors (Lipinski definition) is 1. The van der Waals surface area contributed by atoms with Crippen molar-refractivity contribution < 1.29 is 4.79 Å². The molecule has 0 bridgehead atoms. The summed E-state index contributed by atoms with van der Waals surface area (Å²) >= 11 is 0.